The Morgan fingerprint density at radius 3 is 2.25 bits per heavy atom. The topological polar surface area (TPSA) is 36.8 Å². The van der Waals surface area contributed by atoms with Crippen molar-refractivity contribution in [1.82, 2.24) is 5.32 Å². The summed E-state index contributed by atoms with van der Waals surface area (Å²) in [5, 5.41) is 3.05. The Kier molecular flexibility index (Phi) is 5.85. The number of benzene rings is 2. The van der Waals surface area contributed by atoms with E-state index in [2.05, 4.69) is 46.6 Å². The maximum absolute atomic E-state index is 12.1. The van der Waals surface area contributed by atoms with E-state index in [0.29, 0.717) is 13.1 Å². The number of carbonyl (C=O) groups excluding carboxylic acids is 1. The van der Waals surface area contributed by atoms with E-state index >= 15 is 0 Å². The van der Waals surface area contributed by atoms with Crippen molar-refractivity contribution >= 4 is 11.6 Å². The number of amides is 1. The van der Waals surface area contributed by atoms with E-state index in [-0.39, 0.29) is 5.91 Å². The summed E-state index contributed by atoms with van der Waals surface area (Å²) in [4.78, 5) is 15.9. The highest BCUT2D eigenvalue weighted by atomic mass is 16.2. The van der Waals surface area contributed by atoms with E-state index in [9.17, 15) is 4.79 Å². The van der Waals surface area contributed by atoms with E-state index in [1.54, 1.807) is 0 Å². The van der Waals surface area contributed by atoms with E-state index in [1.807, 2.05) is 24.3 Å². The lowest BCUT2D eigenvalue weighted by atomic mass is 10.1. The molecule has 4 heteroatoms. The van der Waals surface area contributed by atoms with E-state index in [1.165, 1.54) is 16.2 Å². The maximum Gasteiger partial charge on any atom is 0.275 e. The maximum atomic E-state index is 12.1. The van der Waals surface area contributed by atoms with Crippen LogP contribution in [0, 0.1) is 0 Å². The van der Waals surface area contributed by atoms with Crippen LogP contribution in [-0.4, -0.2) is 45.2 Å². The molecule has 126 valence electrons. The Bertz CT molecular complexity index is 622. The molecule has 1 amide bonds. The van der Waals surface area contributed by atoms with E-state index < -0.39 is 0 Å². The smallest absolute Gasteiger partial charge is 0.275 e. The second-order valence-corrected chi connectivity index (χ2v) is 6.33. The minimum atomic E-state index is 0.161. The lowest BCUT2D eigenvalue weighted by Gasteiger charge is -2.33. The first-order valence-electron chi connectivity index (χ1n) is 8.75. The van der Waals surface area contributed by atoms with Gasteiger partial charge in [-0.25, -0.2) is 0 Å². The van der Waals surface area contributed by atoms with Gasteiger partial charge in [-0.1, -0.05) is 48.5 Å². The average molecular weight is 324 g/mol. The predicted molar refractivity (Wildman–Crippen MR) is 97.4 cm³/mol. The number of rotatable bonds is 6. The summed E-state index contributed by atoms with van der Waals surface area (Å²) in [5.41, 5.74) is 2.55. The predicted octanol–water partition coefficient (Wildman–Crippen LogP) is 0.750. The zero-order valence-corrected chi connectivity index (χ0v) is 14.1. The fourth-order valence-electron chi connectivity index (χ4n) is 3.18. The molecule has 0 aliphatic carbocycles. The molecule has 0 saturated carbocycles. The van der Waals surface area contributed by atoms with Gasteiger partial charge in [0.2, 0.25) is 0 Å². The Labute approximate surface area is 144 Å². The normalized spacial score (nSPS) is 15.2. The second-order valence-electron chi connectivity index (χ2n) is 6.33. The van der Waals surface area contributed by atoms with Gasteiger partial charge in [0, 0.05) is 12.2 Å². The van der Waals surface area contributed by atoms with Crippen molar-refractivity contribution in [3.63, 3.8) is 0 Å². The van der Waals surface area contributed by atoms with E-state index in [4.69, 9.17) is 0 Å². The molecule has 1 fully saturated rings. The fraction of sp³-hybridized carbons (Fsp3) is 0.350. The summed E-state index contributed by atoms with van der Waals surface area (Å²) in [6, 6.07) is 20.8. The lowest BCUT2D eigenvalue weighted by Crippen LogP contribution is -3.16. The molecule has 0 atom stereocenters. The van der Waals surface area contributed by atoms with Gasteiger partial charge in [-0.05, 0) is 24.1 Å². The molecule has 1 heterocycles. The van der Waals surface area contributed by atoms with Gasteiger partial charge in [0.25, 0.3) is 5.91 Å². The number of para-hydroxylation sites is 1. The van der Waals surface area contributed by atoms with Crippen LogP contribution in [0.1, 0.15) is 5.56 Å². The third kappa shape index (κ3) is 4.83. The van der Waals surface area contributed by atoms with Crippen LogP contribution >= 0.6 is 0 Å². The Morgan fingerprint density at radius 2 is 1.58 bits per heavy atom. The van der Waals surface area contributed by atoms with Crippen molar-refractivity contribution in [3.05, 3.63) is 66.2 Å². The summed E-state index contributed by atoms with van der Waals surface area (Å²) in [7, 11) is 0. The minimum absolute atomic E-state index is 0.161. The third-order valence-electron chi connectivity index (χ3n) is 4.58. The van der Waals surface area contributed by atoms with Crippen molar-refractivity contribution in [2.75, 3.05) is 44.2 Å². The van der Waals surface area contributed by atoms with Crippen molar-refractivity contribution < 1.29 is 9.69 Å². The molecular weight excluding hydrogens is 298 g/mol. The minimum Gasteiger partial charge on any atom is -0.360 e. The third-order valence-corrected chi connectivity index (χ3v) is 4.58. The molecule has 1 saturated heterocycles. The summed E-state index contributed by atoms with van der Waals surface area (Å²) < 4.78 is 0. The van der Waals surface area contributed by atoms with Crippen LogP contribution in [0.4, 0.5) is 5.69 Å². The molecule has 1 aliphatic heterocycles. The van der Waals surface area contributed by atoms with Gasteiger partial charge >= 0.3 is 0 Å². The van der Waals surface area contributed by atoms with Crippen LogP contribution in [0.15, 0.2) is 60.7 Å². The van der Waals surface area contributed by atoms with Gasteiger partial charge in [-0.15, -0.1) is 0 Å². The average Bonchev–Trinajstić information content (AvgIpc) is 2.64. The van der Waals surface area contributed by atoms with Gasteiger partial charge in [0.05, 0.1) is 26.2 Å². The fourth-order valence-corrected chi connectivity index (χ4v) is 3.18. The molecule has 24 heavy (non-hydrogen) atoms. The number of nitrogens with one attached hydrogen (secondary N) is 2. The highest BCUT2D eigenvalue weighted by Crippen LogP contribution is 2.12. The number of quaternary nitrogens is 1. The number of hydrogen-bond acceptors (Lipinski definition) is 2. The summed E-state index contributed by atoms with van der Waals surface area (Å²) in [5.74, 6) is 0.161. The van der Waals surface area contributed by atoms with Crippen molar-refractivity contribution in [1.29, 1.82) is 0 Å². The molecule has 4 nitrogen and oxygen atoms in total. The number of nitrogens with zero attached hydrogens (tertiary/aromatic N) is 1. The standard InChI is InChI=1S/C20H25N3O/c24-20(21-12-11-18-7-3-1-4-8-18)17-22-13-15-23(16-14-22)19-9-5-2-6-10-19/h1-10H,11-17H2,(H,21,24)/p+1. The van der Waals surface area contributed by atoms with Crippen LogP contribution in [0.25, 0.3) is 0 Å². The molecule has 0 bridgehead atoms. The number of piperazine rings is 1. The van der Waals surface area contributed by atoms with Gasteiger partial charge in [0.1, 0.15) is 0 Å². The molecular formula is C20H26N3O+. The quantitative estimate of drug-likeness (QED) is 0.823. The molecule has 2 aromatic carbocycles. The van der Waals surface area contributed by atoms with Gasteiger partial charge in [-0.2, -0.15) is 0 Å². The van der Waals surface area contributed by atoms with Crippen LogP contribution < -0.4 is 15.1 Å². The highest BCUT2D eigenvalue weighted by Gasteiger charge is 2.21. The molecule has 2 N–H and O–H groups in total. The Hall–Kier alpha value is -2.33. The number of carbonyl (C=O) groups is 1. The van der Waals surface area contributed by atoms with Crippen LogP contribution in [0.3, 0.4) is 0 Å². The summed E-state index contributed by atoms with van der Waals surface area (Å²) in [6.07, 6.45) is 0.893. The van der Waals surface area contributed by atoms with Crippen molar-refractivity contribution in [2.45, 2.75) is 6.42 Å². The van der Waals surface area contributed by atoms with Crippen molar-refractivity contribution in [3.8, 4) is 0 Å². The zero-order valence-electron chi connectivity index (χ0n) is 14.1. The van der Waals surface area contributed by atoms with Gasteiger partial charge in [0.15, 0.2) is 6.54 Å². The second kappa shape index (κ2) is 8.50. The first-order valence-corrected chi connectivity index (χ1v) is 8.75. The molecule has 3 rings (SSSR count). The van der Waals surface area contributed by atoms with Crippen molar-refractivity contribution in [2.24, 2.45) is 0 Å². The molecule has 0 spiro atoms. The largest absolute Gasteiger partial charge is 0.360 e. The summed E-state index contributed by atoms with van der Waals surface area (Å²) >= 11 is 0. The number of anilines is 1. The highest BCUT2D eigenvalue weighted by molar-refractivity contribution is 5.76. The first kappa shape index (κ1) is 16.5. The van der Waals surface area contributed by atoms with Crippen LogP contribution in [0.2, 0.25) is 0 Å². The SMILES string of the molecule is O=C(C[NH+]1CCN(c2ccccc2)CC1)NCCc1ccccc1. The van der Waals surface area contributed by atoms with Crippen LogP contribution in [0.5, 0.6) is 0 Å². The van der Waals surface area contributed by atoms with Gasteiger partial charge < -0.3 is 15.1 Å². The zero-order chi connectivity index (χ0) is 16.6. The first-order chi connectivity index (χ1) is 11.8. The summed E-state index contributed by atoms with van der Waals surface area (Å²) in [6.45, 7) is 5.35. The molecule has 0 unspecified atom stereocenters. The Morgan fingerprint density at radius 1 is 0.958 bits per heavy atom. The molecule has 2 aromatic rings. The molecule has 0 radical (unpaired) electrons. The van der Waals surface area contributed by atoms with Gasteiger partial charge in [-0.3, -0.25) is 4.79 Å². The molecule has 0 aromatic heterocycles. The number of hydrogen-bond donors (Lipinski definition) is 2. The lowest BCUT2D eigenvalue weighted by molar-refractivity contribution is -0.892. The Balaban J connectivity index is 1.36. The molecule has 1 aliphatic rings. The van der Waals surface area contributed by atoms with Crippen LogP contribution in [-0.2, 0) is 11.2 Å². The monoisotopic (exact) mass is 324 g/mol. The van der Waals surface area contributed by atoms with E-state index in [0.717, 1.165) is 32.6 Å².